The second-order valence-electron chi connectivity index (χ2n) is 13.4. The minimum Gasteiger partial charge on any atom is -0.396 e. The molecule has 0 heterocycles. The SMILES string of the molecule is CCCCCc1ccc2cc(-c3ccc(C4CCC(CCC5CCC(C(CC)CO)CC5)CC4)cc3)ccc2c1. The largest absolute Gasteiger partial charge is 0.396 e. The van der Waals surface area contributed by atoms with Gasteiger partial charge in [0.2, 0.25) is 0 Å². The lowest BCUT2D eigenvalue weighted by Gasteiger charge is -2.34. The molecule has 1 N–H and O–H groups in total. The first-order valence-electron chi connectivity index (χ1n) is 16.9. The molecule has 1 unspecified atom stereocenters. The van der Waals surface area contributed by atoms with Crippen LogP contribution in [-0.4, -0.2) is 11.7 Å². The van der Waals surface area contributed by atoms with Crippen LogP contribution < -0.4 is 0 Å². The van der Waals surface area contributed by atoms with Crippen molar-refractivity contribution in [3.05, 3.63) is 71.8 Å². The fraction of sp³-hybridized carbons (Fsp3) is 0.590. The maximum atomic E-state index is 9.66. The molecule has 0 radical (unpaired) electrons. The summed E-state index contributed by atoms with van der Waals surface area (Å²) in [7, 11) is 0. The zero-order valence-electron chi connectivity index (χ0n) is 25.4. The summed E-state index contributed by atoms with van der Waals surface area (Å²) in [6, 6.07) is 23.6. The van der Waals surface area contributed by atoms with Crippen molar-refractivity contribution < 1.29 is 5.11 Å². The van der Waals surface area contributed by atoms with E-state index in [9.17, 15) is 5.11 Å². The summed E-state index contributed by atoms with van der Waals surface area (Å²) in [6.45, 7) is 4.91. The van der Waals surface area contributed by atoms with Gasteiger partial charge < -0.3 is 5.11 Å². The van der Waals surface area contributed by atoms with Crippen LogP contribution in [-0.2, 0) is 6.42 Å². The van der Waals surface area contributed by atoms with Gasteiger partial charge in [0.1, 0.15) is 0 Å². The van der Waals surface area contributed by atoms with Crippen LogP contribution >= 0.6 is 0 Å². The van der Waals surface area contributed by atoms with Crippen molar-refractivity contribution in [3.63, 3.8) is 0 Å². The van der Waals surface area contributed by atoms with E-state index in [2.05, 4.69) is 74.5 Å². The Bertz CT molecular complexity index is 1160. The number of fused-ring (bicyclic) bond motifs is 1. The van der Waals surface area contributed by atoms with E-state index in [0.29, 0.717) is 12.5 Å². The fourth-order valence-electron chi connectivity index (χ4n) is 7.97. The molecule has 2 aliphatic rings. The molecule has 3 aromatic carbocycles. The number of aryl methyl sites for hydroxylation is 1. The van der Waals surface area contributed by atoms with Crippen molar-refractivity contribution in [2.24, 2.45) is 23.7 Å². The first-order valence-corrected chi connectivity index (χ1v) is 16.9. The van der Waals surface area contributed by atoms with Crippen LogP contribution in [0.5, 0.6) is 0 Å². The minimum absolute atomic E-state index is 0.390. The van der Waals surface area contributed by atoms with Gasteiger partial charge in [-0.2, -0.15) is 0 Å². The van der Waals surface area contributed by atoms with Gasteiger partial charge in [0, 0.05) is 6.61 Å². The Morgan fingerprint density at radius 1 is 0.675 bits per heavy atom. The molecule has 0 saturated heterocycles. The monoisotopic (exact) mass is 538 g/mol. The van der Waals surface area contributed by atoms with Crippen molar-refractivity contribution in [1.29, 1.82) is 0 Å². The summed E-state index contributed by atoms with van der Waals surface area (Å²) in [5.74, 6) is 3.96. The molecule has 1 heteroatoms. The molecule has 40 heavy (non-hydrogen) atoms. The molecular formula is C39H54O. The topological polar surface area (TPSA) is 20.2 Å². The summed E-state index contributed by atoms with van der Waals surface area (Å²) >= 11 is 0. The highest BCUT2D eigenvalue weighted by molar-refractivity contribution is 5.87. The van der Waals surface area contributed by atoms with E-state index >= 15 is 0 Å². The van der Waals surface area contributed by atoms with Gasteiger partial charge in [-0.3, -0.25) is 0 Å². The Morgan fingerprint density at radius 3 is 1.95 bits per heavy atom. The Balaban J connectivity index is 1.08. The second-order valence-corrected chi connectivity index (χ2v) is 13.4. The zero-order chi connectivity index (χ0) is 27.7. The van der Waals surface area contributed by atoms with Crippen LogP contribution in [0.3, 0.4) is 0 Å². The number of hydrogen-bond donors (Lipinski definition) is 1. The molecule has 0 bridgehead atoms. The van der Waals surface area contributed by atoms with Gasteiger partial charge in [0.25, 0.3) is 0 Å². The molecular weight excluding hydrogens is 484 g/mol. The number of aliphatic hydroxyl groups excluding tert-OH is 1. The van der Waals surface area contributed by atoms with E-state index in [1.165, 1.54) is 117 Å². The van der Waals surface area contributed by atoms with Gasteiger partial charge in [-0.25, -0.2) is 0 Å². The first-order chi connectivity index (χ1) is 19.7. The minimum atomic E-state index is 0.390. The summed E-state index contributed by atoms with van der Waals surface area (Å²) in [5.41, 5.74) is 5.69. The lowest BCUT2D eigenvalue weighted by atomic mass is 9.72. The van der Waals surface area contributed by atoms with E-state index in [-0.39, 0.29) is 0 Å². The molecule has 0 spiro atoms. The molecule has 0 aromatic heterocycles. The lowest BCUT2D eigenvalue weighted by molar-refractivity contribution is 0.123. The summed E-state index contributed by atoms with van der Waals surface area (Å²) < 4.78 is 0. The number of aliphatic hydroxyl groups is 1. The second kappa shape index (κ2) is 14.7. The number of benzene rings is 3. The smallest absolute Gasteiger partial charge is 0.0461 e. The van der Waals surface area contributed by atoms with Gasteiger partial charge in [0.05, 0.1) is 0 Å². The third-order valence-electron chi connectivity index (χ3n) is 10.8. The molecule has 1 atom stereocenters. The standard InChI is InChI=1S/C39H54O/c1-3-5-6-7-31-14-19-39-27-38(25-24-37(39)26-31)36-22-20-35(21-23-36)34-17-12-30(13-18-34)9-8-29-10-15-33(16-11-29)32(4-2)28-40/h14,19-27,29-30,32-34,40H,3-13,15-18,28H2,1-2H3. The molecule has 0 aliphatic heterocycles. The van der Waals surface area contributed by atoms with Crippen molar-refractivity contribution >= 4 is 10.8 Å². The van der Waals surface area contributed by atoms with Crippen LogP contribution in [0.1, 0.15) is 121 Å². The average molecular weight is 539 g/mol. The van der Waals surface area contributed by atoms with Gasteiger partial charge in [-0.15, -0.1) is 0 Å². The molecule has 2 saturated carbocycles. The highest BCUT2D eigenvalue weighted by atomic mass is 16.3. The van der Waals surface area contributed by atoms with Gasteiger partial charge in [0.15, 0.2) is 0 Å². The van der Waals surface area contributed by atoms with Crippen molar-refractivity contribution in [3.8, 4) is 11.1 Å². The Labute approximate surface area is 244 Å². The molecule has 1 nitrogen and oxygen atoms in total. The third-order valence-corrected chi connectivity index (χ3v) is 10.8. The quantitative estimate of drug-likeness (QED) is 0.227. The maximum absolute atomic E-state index is 9.66. The molecule has 5 rings (SSSR count). The van der Waals surface area contributed by atoms with E-state index in [0.717, 1.165) is 30.1 Å². The average Bonchev–Trinajstić information content (AvgIpc) is 3.01. The molecule has 216 valence electrons. The predicted molar refractivity (Wildman–Crippen MR) is 173 cm³/mol. The van der Waals surface area contributed by atoms with Crippen LogP contribution in [0, 0.1) is 23.7 Å². The molecule has 0 amide bonds. The van der Waals surface area contributed by atoms with Gasteiger partial charge >= 0.3 is 0 Å². The van der Waals surface area contributed by atoms with E-state index < -0.39 is 0 Å². The Morgan fingerprint density at radius 2 is 1.30 bits per heavy atom. The van der Waals surface area contributed by atoms with Gasteiger partial charge in [-0.1, -0.05) is 113 Å². The van der Waals surface area contributed by atoms with Crippen molar-refractivity contribution in [2.45, 2.75) is 116 Å². The molecule has 3 aromatic rings. The number of unbranched alkanes of at least 4 members (excludes halogenated alkanes) is 2. The summed E-state index contributed by atoms with van der Waals surface area (Å²) in [5, 5.41) is 12.4. The molecule has 2 aliphatic carbocycles. The summed E-state index contributed by atoms with van der Waals surface area (Å²) in [6.07, 6.45) is 20.2. The van der Waals surface area contributed by atoms with Crippen LogP contribution in [0.2, 0.25) is 0 Å². The highest BCUT2D eigenvalue weighted by Crippen LogP contribution is 2.41. The van der Waals surface area contributed by atoms with Crippen LogP contribution in [0.15, 0.2) is 60.7 Å². The third kappa shape index (κ3) is 7.58. The van der Waals surface area contributed by atoms with Gasteiger partial charge in [-0.05, 0) is 120 Å². The van der Waals surface area contributed by atoms with E-state index in [1.54, 1.807) is 5.56 Å². The van der Waals surface area contributed by atoms with E-state index in [4.69, 9.17) is 0 Å². The number of rotatable bonds is 12. The van der Waals surface area contributed by atoms with Crippen LogP contribution in [0.4, 0.5) is 0 Å². The highest BCUT2D eigenvalue weighted by Gasteiger charge is 2.28. The van der Waals surface area contributed by atoms with Crippen LogP contribution in [0.25, 0.3) is 21.9 Å². The Hall–Kier alpha value is -2.12. The predicted octanol–water partition coefficient (Wildman–Crippen LogP) is 11.1. The maximum Gasteiger partial charge on any atom is 0.0461 e. The Kier molecular flexibility index (Phi) is 10.8. The summed E-state index contributed by atoms with van der Waals surface area (Å²) in [4.78, 5) is 0. The first kappa shape index (κ1) is 29.4. The van der Waals surface area contributed by atoms with E-state index in [1.807, 2.05) is 0 Å². The van der Waals surface area contributed by atoms with Crippen molar-refractivity contribution in [2.75, 3.05) is 6.61 Å². The normalized spacial score (nSPS) is 24.3. The molecule has 2 fully saturated rings. The zero-order valence-corrected chi connectivity index (χ0v) is 25.4. The van der Waals surface area contributed by atoms with Crippen molar-refractivity contribution in [1.82, 2.24) is 0 Å². The fourth-order valence-corrected chi connectivity index (χ4v) is 7.97. The lowest BCUT2D eigenvalue weighted by Crippen LogP contribution is -2.24. The number of hydrogen-bond acceptors (Lipinski definition) is 1.